The number of nitrogens with one attached hydrogen (secondary N) is 2. The minimum atomic E-state index is -0.588. The molecule has 2 aliphatic rings. The smallest absolute Gasteiger partial charge is 0.317 e. The molecule has 0 spiro atoms. The second kappa shape index (κ2) is 7.99. The minimum absolute atomic E-state index is 0.00697. The Labute approximate surface area is 128 Å². The van der Waals surface area contributed by atoms with E-state index in [0.717, 1.165) is 51.6 Å². The van der Waals surface area contributed by atoms with Crippen LogP contribution in [0.15, 0.2) is 0 Å². The van der Waals surface area contributed by atoms with Crippen molar-refractivity contribution in [2.24, 2.45) is 0 Å². The largest absolute Gasteiger partial charge is 0.390 e. The fourth-order valence-corrected chi connectivity index (χ4v) is 3.66. The standard InChI is InChI=1S/C16H31N3O2/c1-17-13-14(12-16(21)8-4-2-5-9-16)18-15(20)19-10-6-3-7-11-19/h14,17,21H,2-13H2,1H3,(H,18,20). The average molecular weight is 297 g/mol. The fraction of sp³-hybridized carbons (Fsp3) is 0.938. The van der Waals surface area contributed by atoms with E-state index in [1.165, 1.54) is 12.8 Å². The van der Waals surface area contributed by atoms with Gasteiger partial charge in [0.2, 0.25) is 0 Å². The van der Waals surface area contributed by atoms with Crippen LogP contribution in [0.1, 0.15) is 57.8 Å². The van der Waals surface area contributed by atoms with Crippen LogP contribution in [0, 0.1) is 0 Å². The molecule has 1 aliphatic carbocycles. The van der Waals surface area contributed by atoms with Crippen molar-refractivity contribution in [2.75, 3.05) is 26.7 Å². The van der Waals surface area contributed by atoms with E-state index in [4.69, 9.17) is 0 Å². The Balaban J connectivity index is 1.86. The molecule has 5 heteroatoms. The summed E-state index contributed by atoms with van der Waals surface area (Å²) in [6.07, 6.45) is 9.25. The quantitative estimate of drug-likeness (QED) is 0.726. The summed E-state index contributed by atoms with van der Waals surface area (Å²) in [7, 11) is 1.89. The molecule has 2 fully saturated rings. The molecule has 2 rings (SSSR count). The van der Waals surface area contributed by atoms with E-state index < -0.39 is 5.60 Å². The van der Waals surface area contributed by atoms with Crippen molar-refractivity contribution in [3.05, 3.63) is 0 Å². The molecule has 21 heavy (non-hydrogen) atoms. The van der Waals surface area contributed by atoms with Gasteiger partial charge in [-0.3, -0.25) is 0 Å². The summed E-state index contributed by atoms with van der Waals surface area (Å²) in [6, 6.07) is 0.0434. The Kier molecular flexibility index (Phi) is 6.30. The van der Waals surface area contributed by atoms with E-state index in [9.17, 15) is 9.90 Å². The summed E-state index contributed by atoms with van der Waals surface area (Å²) in [5.41, 5.74) is -0.588. The van der Waals surface area contributed by atoms with Crippen LogP contribution < -0.4 is 10.6 Å². The lowest BCUT2D eigenvalue weighted by molar-refractivity contribution is -0.0114. The molecule has 0 aromatic carbocycles. The van der Waals surface area contributed by atoms with E-state index in [0.29, 0.717) is 13.0 Å². The zero-order chi connectivity index (χ0) is 15.1. The van der Waals surface area contributed by atoms with Gasteiger partial charge >= 0.3 is 6.03 Å². The summed E-state index contributed by atoms with van der Waals surface area (Å²) in [5, 5.41) is 17.0. The van der Waals surface area contributed by atoms with Crippen molar-refractivity contribution in [3.8, 4) is 0 Å². The van der Waals surface area contributed by atoms with Crippen molar-refractivity contribution >= 4 is 6.03 Å². The molecule has 5 nitrogen and oxygen atoms in total. The number of likely N-dealkylation sites (tertiary alicyclic amines) is 1. The molecule has 1 heterocycles. The Morgan fingerprint density at radius 3 is 2.38 bits per heavy atom. The second-order valence-electron chi connectivity index (χ2n) is 6.74. The number of carbonyl (C=O) groups excluding carboxylic acids is 1. The summed E-state index contributed by atoms with van der Waals surface area (Å²) >= 11 is 0. The van der Waals surface area contributed by atoms with Gasteiger partial charge in [0.15, 0.2) is 0 Å². The van der Waals surface area contributed by atoms with Gasteiger partial charge in [0.1, 0.15) is 0 Å². The van der Waals surface area contributed by atoms with Crippen molar-refractivity contribution < 1.29 is 9.90 Å². The van der Waals surface area contributed by atoms with Crippen LogP contribution in [0.25, 0.3) is 0 Å². The summed E-state index contributed by atoms with van der Waals surface area (Å²) < 4.78 is 0. The third-order valence-electron chi connectivity index (χ3n) is 4.83. The van der Waals surface area contributed by atoms with Crippen LogP contribution in [-0.4, -0.2) is 54.4 Å². The molecule has 0 radical (unpaired) electrons. The first kappa shape index (κ1) is 16.6. The van der Waals surface area contributed by atoms with E-state index in [1.807, 2.05) is 11.9 Å². The first-order valence-electron chi connectivity index (χ1n) is 8.55. The number of aliphatic hydroxyl groups is 1. The lowest BCUT2D eigenvalue weighted by Gasteiger charge is -2.36. The molecule has 122 valence electrons. The number of hydrogen-bond donors (Lipinski definition) is 3. The maximum absolute atomic E-state index is 12.3. The highest BCUT2D eigenvalue weighted by Gasteiger charge is 2.33. The van der Waals surface area contributed by atoms with E-state index in [2.05, 4.69) is 10.6 Å². The van der Waals surface area contributed by atoms with Gasteiger partial charge in [0.25, 0.3) is 0 Å². The molecule has 0 aromatic heterocycles. The summed E-state index contributed by atoms with van der Waals surface area (Å²) in [5.74, 6) is 0. The molecule has 1 atom stereocenters. The molecule has 1 aliphatic heterocycles. The maximum Gasteiger partial charge on any atom is 0.317 e. The first-order valence-corrected chi connectivity index (χ1v) is 8.55. The zero-order valence-electron chi connectivity index (χ0n) is 13.4. The van der Waals surface area contributed by atoms with Crippen molar-refractivity contribution in [1.82, 2.24) is 15.5 Å². The zero-order valence-corrected chi connectivity index (χ0v) is 13.4. The van der Waals surface area contributed by atoms with Gasteiger partial charge in [-0.1, -0.05) is 19.3 Å². The molecule has 0 aromatic rings. The Hall–Kier alpha value is -0.810. The van der Waals surface area contributed by atoms with Gasteiger partial charge in [-0.05, 0) is 45.6 Å². The second-order valence-corrected chi connectivity index (χ2v) is 6.74. The van der Waals surface area contributed by atoms with Gasteiger partial charge in [-0.15, -0.1) is 0 Å². The number of likely N-dealkylation sites (N-methyl/N-ethyl adjacent to an activating group) is 1. The van der Waals surface area contributed by atoms with Crippen LogP contribution in [0.5, 0.6) is 0 Å². The molecule has 1 unspecified atom stereocenters. The molecule has 0 bridgehead atoms. The number of amides is 2. The van der Waals surface area contributed by atoms with Crippen LogP contribution in [0.2, 0.25) is 0 Å². The maximum atomic E-state index is 12.3. The molecule has 1 saturated carbocycles. The number of piperidine rings is 1. The number of rotatable bonds is 5. The van der Waals surface area contributed by atoms with Crippen LogP contribution >= 0.6 is 0 Å². The number of urea groups is 1. The van der Waals surface area contributed by atoms with Gasteiger partial charge < -0.3 is 20.6 Å². The lowest BCUT2D eigenvalue weighted by atomic mass is 9.80. The minimum Gasteiger partial charge on any atom is -0.390 e. The highest BCUT2D eigenvalue weighted by atomic mass is 16.3. The van der Waals surface area contributed by atoms with Gasteiger partial charge in [-0.25, -0.2) is 4.79 Å². The van der Waals surface area contributed by atoms with Gasteiger partial charge in [0.05, 0.1) is 5.60 Å². The number of hydrogen-bond acceptors (Lipinski definition) is 3. The van der Waals surface area contributed by atoms with Crippen molar-refractivity contribution in [2.45, 2.75) is 69.4 Å². The van der Waals surface area contributed by atoms with Crippen LogP contribution in [0.3, 0.4) is 0 Å². The molecule has 2 amide bonds. The van der Waals surface area contributed by atoms with Gasteiger partial charge in [-0.2, -0.15) is 0 Å². The monoisotopic (exact) mass is 297 g/mol. The van der Waals surface area contributed by atoms with Crippen molar-refractivity contribution in [3.63, 3.8) is 0 Å². The molecular weight excluding hydrogens is 266 g/mol. The lowest BCUT2D eigenvalue weighted by Crippen LogP contribution is -2.52. The first-order chi connectivity index (χ1) is 10.1. The predicted molar refractivity (Wildman–Crippen MR) is 84.3 cm³/mol. The normalized spacial score (nSPS) is 23.6. The average Bonchev–Trinajstić information content (AvgIpc) is 2.48. The topological polar surface area (TPSA) is 64.6 Å². The summed E-state index contributed by atoms with van der Waals surface area (Å²) in [4.78, 5) is 14.2. The Morgan fingerprint density at radius 1 is 1.14 bits per heavy atom. The Morgan fingerprint density at radius 2 is 1.76 bits per heavy atom. The molecular formula is C16H31N3O2. The van der Waals surface area contributed by atoms with E-state index in [1.54, 1.807) is 0 Å². The molecule has 1 saturated heterocycles. The predicted octanol–water partition coefficient (Wildman–Crippen LogP) is 1.86. The fourth-order valence-electron chi connectivity index (χ4n) is 3.66. The number of carbonyl (C=O) groups is 1. The number of nitrogens with zero attached hydrogens (tertiary/aromatic N) is 1. The van der Waals surface area contributed by atoms with Crippen LogP contribution in [0.4, 0.5) is 4.79 Å². The third kappa shape index (κ3) is 5.15. The van der Waals surface area contributed by atoms with E-state index in [-0.39, 0.29) is 12.1 Å². The van der Waals surface area contributed by atoms with Crippen LogP contribution in [-0.2, 0) is 0 Å². The third-order valence-corrected chi connectivity index (χ3v) is 4.83. The van der Waals surface area contributed by atoms with Gasteiger partial charge in [0, 0.05) is 25.7 Å². The highest BCUT2D eigenvalue weighted by Crippen LogP contribution is 2.31. The Bertz CT molecular complexity index is 323. The summed E-state index contributed by atoms with van der Waals surface area (Å²) in [6.45, 7) is 2.44. The van der Waals surface area contributed by atoms with Crippen molar-refractivity contribution in [1.29, 1.82) is 0 Å². The SMILES string of the molecule is CNCC(CC1(O)CCCCC1)NC(=O)N1CCCCC1. The highest BCUT2D eigenvalue weighted by molar-refractivity contribution is 5.74. The molecule has 3 N–H and O–H groups in total. The van der Waals surface area contributed by atoms with E-state index >= 15 is 0 Å².